The topological polar surface area (TPSA) is 75.4 Å². The van der Waals surface area contributed by atoms with Crippen molar-refractivity contribution in [3.8, 4) is 11.5 Å². The van der Waals surface area contributed by atoms with E-state index in [1.807, 2.05) is 0 Å². The average molecular weight is 348 g/mol. The van der Waals surface area contributed by atoms with E-state index in [9.17, 15) is 18.0 Å². The van der Waals surface area contributed by atoms with Gasteiger partial charge in [0.1, 0.15) is 6.26 Å². The summed E-state index contributed by atoms with van der Waals surface area (Å²) < 4.78 is 43.1. The zero-order valence-corrected chi connectivity index (χ0v) is 12.5. The van der Waals surface area contributed by atoms with Crippen molar-refractivity contribution >= 4 is 17.3 Å². The lowest BCUT2D eigenvalue weighted by Crippen LogP contribution is -2.04. The minimum atomic E-state index is -4.41. The summed E-state index contributed by atoms with van der Waals surface area (Å²) >= 11 is 0. The van der Waals surface area contributed by atoms with Crippen LogP contribution in [0.25, 0.3) is 11.5 Å². The Bertz CT molecular complexity index is 889. The fourth-order valence-corrected chi connectivity index (χ4v) is 2.22. The quantitative estimate of drug-likeness (QED) is 0.708. The number of carbonyl (C=O) groups is 1. The lowest BCUT2D eigenvalue weighted by Gasteiger charge is -2.12. The van der Waals surface area contributed by atoms with E-state index < -0.39 is 17.7 Å². The molecule has 128 valence electrons. The first kappa shape index (κ1) is 16.6. The number of anilines is 2. The van der Waals surface area contributed by atoms with Crippen molar-refractivity contribution in [2.45, 2.75) is 6.18 Å². The van der Waals surface area contributed by atoms with Crippen molar-refractivity contribution < 1.29 is 27.5 Å². The van der Waals surface area contributed by atoms with E-state index in [1.54, 1.807) is 0 Å². The molecule has 0 saturated carbocycles. The van der Waals surface area contributed by atoms with E-state index in [0.717, 1.165) is 12.1 Å². The molecule has 2 aromatic carbocycles. The van der Waals surface area contributed by atoms with Gasteiger partial charge in [-0.15, -0.1) is 0 Å². The molecule has 0 aliphatic carbocycles. The maximum Gasteiger partial charge on any atom is 0.416 e. The average Bonchev–Trinajstić information content (AvgIpc) is 3.09. The van der Waals surface area contributed by atoms with Crippen molar-refractivity contribution in [3.63, 3.8) is 0 Å². The van der Waals surface area contributed by atoms with E-state index in [2.05, 4.69) is 10.3 Å². The largest absolute Gasteiger partial charge is 0.478 e. The van der Waals surface area contributed by atoms with Crippen LogP contribution in [0.15, 0.2) is 59.3 Å². The van der Waals surface area contributed by atoms with Crippen molar-refractivity contribution in [3.05, 3.63) is 66.1 Å². The van der Waals surface area contributed by atoms with Crippen molar-refractivity contribution in [1.29, 1.82) is 0 Å². The van der Waals surface area contributed by atoms with Crippen molar-refractivity contribution in [1.82, 2.24) is 4.98 Å². The number of nitrogens with one attached hydrogen (secondary N) is 1. The minimum absolute atomic E-state index is 0.0335. The molecule has 0 bridgehead atoms. The molecule has 0 atom stereocenters. The molecule has 5 nitrogen and oxygen atoms in total. The third-order valence-corrected chi connectivity index (χ3v) is 3.42. The number of hydrogen-bond acceptors (Lipinski definition) is 4. The first-order valence-electron chi connectivity index (χ1n) is 7.06. The highest BCUT2D eigenvalue weighted by Gasteiger charge is 2.30. The van der Waals surface area contributed by atoms with Gasteiger partial charge in [0.25, 0.3) is 0 Å². The summed E-state index contributed by atoms with van der Waals surface area (Å²) in [5.74, 6) is -0.925. The maximum atomic E-state index is 12.6. The van der Waals surface area contributed by atoms with Crippen LogP contribution in [0.2, 0.25) is 0 Å². The number of oxazole rings is 1. The molecule has 0 unspecified atom stereocenters. The smallest absolute Gasteiger partial charge is 0.416 e. The molecule has 3 aromatic rings. The Morgan fingerprint density at radius 1 is 1.12 bits per heavy atom. The highest BCUT2D eigenvalue weighted by atomic mass is 19.4. The third kappa shape index (κ3) is 3.63. The van der Waals surface area contributed by atoms with Gasteiger partial charge < -0.3 is 14.8 Å². The summed E-state index contributed by atoms with van der Waals surface area (Å²) in [4.78, 5) is 15.1. The molecule has 1 heterocycles. The number of carboxylic acids is 1. The standard InChI is InChI=1S/C17H11F3N2O3/c18-17(19,20)11-2-4-12(5-3-11)22-14-6-1-10(16(23)24)9-13(14)15-21-7-8-25-15/h1-9,22H,(H,23,24). The molecule has 0 radical (unpaired) electrons. The van der Waals surface area contributed by atoms with E-state index in [0.29, 0.717) is 16.9 Å². The molecule has 3 rings (SSSR count). The Kier molecular flexibility index (Phi) is 4.18. The molecule has 0 spiro atoms. The van der Waals surface area contributed by atoms with E-state index in [1.165, 1.54) is 42.8 Å². The monoisotopic (exact) mass is 348 g/mol. The molecule has 0 aliphatic heterocycles. The summed E-state index contributed by atoms with van der Waals surface area (Å²) in [6.07, 6.45) is -1.67. The van der Waals surface area contributed by atoms with E-state index >= 15 is 0 Å². The number of aromatic nitrogens is 1. The van der Waals surface area contributed by atoms with Crippen LogP contribution in [0.3, 0.4) is 0 Å². The Labute approximate surface area is 139 Å². The summed E-state index contributed by atoms with van der Waals surface area (Å²) in [7, 11) is 0. The van der Waals surface area contributed by atoms with E-state index in [4.69, 9.17) is 9.52 Å². The van der Waals surface area contributed by atoms with Gasteiger partial charge in [-0.3, -0.25) is 0 Å². The summed E-state index contributed by atoms with van der Waals surface area (Å²) in [5.41, 5.74) is 0.513. The second kappa shape index (κ2) is 6.31. The molecule has 0 fully saturated rings. The van der Waals surface area contributed by atoms with Crippen LogP contribution >= 0.6 is 0 Å². The van der Waals surface area contributed by atoms with Crippen molar-refractivity contribution in [2.24, 2.45) is 0 Å². The molecule has 25 heavy (non-hydrogen) atoms. The zero-order chi connectivity index (χ0) is 18.0. The maximum absolute atomic E-state index is 12.6. The first-order valence-corrected chi connectivity index (χ1v) is 7.06. The van der Waals surface area contributed by atoms with Gasteiger partial charge in [-0.2, -0.15) is 13.2 Å². The number of alkyl halides is 3. The van der Waals surface area contributed by atoms with Crippen LogP contribution in [0, 0.1) is 0 Å². The van der Waals surface area contributed by atoms with E-state index in [-0.39, 0.29) is 11.5 Å². The Morgan fingerprint density at radius 3 is 2.40 bits per heavy atom. The van der Waals surface area contributed by atoms with Crippen LogP contribution in [0.4, 0.5) is 24.5 Å². The van der Waals surface area contributed by atoms with Crippen LogP contribution in [-0.4, -0.2) is 16.1 Å². The molecule has 2 N–H and O–H groups in total. The highest BCUT2D eigenvalue weighted by Crippen LogP contribution is 2.33. The molecule has 0 aliphatic rings. The Morgan fingerprint density at radius 2 is 1.84 bits per heavy atom. The number of nitrogens with zero attached hydrogens (tertiary/aromatic N) is 1. The minimum Gasteiger partial charge on any atom is -0.478 e. The predicted octanol–water partition coefficient (Wildman–Crippen LogP) is 4.80. The van der Waals surface area contributed by atoms with Gasteiger partial charge in [0.05, 0.1) is 28.6 Å². The summed E-state index contributed by atoms with van der Waals surface area (Å²) in [6, 6.07) is 8.74. The molecule has 1 aromatic heterocycles. The molecule has 8 heteroatoms. The van der Waals surface area contributed by atoms with Crippen LogP contribution in [0.1, 0.15) is 15.9 Å². The third-order valence-electron chi connectivity index (χ3n) is 3.42. The fraction of sp³-hybridized carbons (Fsp3) is 0.0588. The fourth-order valence-electron chi connectivity index (χ4n) is 2.22. The van der Waals surface area contributed by atoms with Gasteiger partial charge >= 0.3 is 12.1 Å². The predicted molar refractivity (Wildman–Crippen MR) is 83.6 cm³/mol. The molecular formula is C17H11F3N2O3. The number of aromatic carboxylic acids is 1. The van der Waals surface area contributed by atoms with Crippen LogP contribution < -0.4 is 5.32 Å². The van der Waals surface area contributed by atoms with Gasteiger partial charge in [0.15, 0.2) is 0 Å². The number of benzene rings is 2. The number of carboxylic acid groups (broad SMARTS) is 1. The Hall–Kier alpha value is -3.29. The summed E-state index contributed by atoms with van der Waals surface area (Å²) in [5, 5.41) is 12.1. The first-order chi connectivity index (χ1) is 11.8. The Balaban J connectivity index is 1.96. The van der Waals surface area contributed by atoms with Crippen molar-refractivity contribution in [2.75, 3.05) is 5.32 Å². The number of halogens is 3. The normalized spacial score (nSPS) is 11.3. The zero-order valence-electron chi connectivity index (χ0n) is 12.5. The van der Waals surface area contributed by atoms with Crippen LogP contribution in [-0.2, 0) is 6.18 Å². The van der Waals surface area contributed by atoms with Gasteiger partial charge in [0.2, 0.25) is 5.89 Å². The number of hydrogen-bond donors (Lipinski definition) is 2. The second-order valence-electron chi connectivity index (χ2n) is 5.10. The van der Waals surface area contributed by atoms with Crippen LogP contribution in [0.5, 0.6) is 0 Å². The highest BCUT2D eigenvalue weighted by molar-refractivity contribution is 5.91. The summed E-state index contributed by atoms with van der Waals surface area (Å²) in [6.45, 7) is 0. The lowest BCUT2D eigenvalue weighted by molar-refractivity contribution is -0.137. The molecule has 0 amide bonds. The van der Waals surface area contributed by atoms with Gasteiger partial charge in [-0.25, -0.2) is 9.78 Å². The SMILES string of the molecule is O=C(O)c1ccc(Nc2ccc(C(F)(F)F)cc2)c(-c2ncco2)c1. The second-order valence-corrected chi connectivity index (χ2v) is 5.10. The van der Waals surface area contributed by atoms with Gasteiger partial charge in [0, 0.05) is 5.69 Å². The lowest BCUT2D eigenvalue weighted by atomic mass is 10.1. The van der Waals surface area contributed by atoms with Gasteiger partial charge in [-0.05, 0) is 42.5 Å². The molecule has 0 saturated heterocycles. The number of rotatable bonds is 4. The molecular weight excluding hydrogens is 337 g/mol. The van der Waals surface area contributed by atoms with Gasteiger partial charge in [-0.1, -0.05) is 0 Å².